The van der Waals surface area contributed by atoms with Crippen molar-refractivity contribution in [2.24, 2.45) is 0 Å². The predicted octanol–water partition coefficient (Wildman–Crippen LogP) is 5.47. The number of aromatic nitrogens is 3. The first-order valence-corrected chi connectivity index (χ1v) is 10.1. The average molecular weight is 437 g/mol. The lowest BCUT2D eigenvalue weighted by molar-refractivity contribution is -0.142. The zero-order chi connectivity index (χ0) is 21.6. The Kier molecular flexibility index (Phi) is 5.22. The fourth-order valence-corrected chi connectivity index (χ4v) is 4.13. The van der Waals surface area contributed by atoms with E-state index in [1.54, 1.807) is 29.2 Å². The van der Waals surface area contributed by atoms with Crippen molar-refractivity contribution >= 4 is 23.2 Å². The minimum Gasteiger partial charge on any atom is -0.332 e. The molecule has 0 radical (unpaired) electrons. The van der Waals surface area contributed by atoms with Gasteiger partial charge in [-0.15, -0.1) is 0 Å². The van der Waals surface area contributed by atoms with Crippen LogP contribution in [0, 0.1) is 0 Å². The number of rotatable bonds is 2. The van der Waals surface area contributed by atoms with Crippen LogP contribution in [0.4, 0.5) is 13.2 Å². The summed E-state index contributed by atoms with van der Waals surface area (Å²) in [7, 11) is 0. The van der Waals surface area contributed by atoms with E-state index in [-0.39, 0.29) is 35.0 Å². The van der Waals surface area contributed by atoms with E-state index in [1.165, 1.54) is 6.07 Å². The number of carbonyl (C=O) groups is 1. The molecule has 3 heterocycles. The lowest BCUT2D eigenvalue weighted by Gasteiger charge is -2.38. The summed E-state index contributed by atoms with van der Waals surface area (Å²) < 4.78 is 42.0. The van der Waals surface area contributed by atoms with Gasteiger partial charge in [-0.1, -0.05) is 23.7 Å². The molecule has 3 aromatic rings. The number of carbonyl (C=O) groups excluding carboxylic acids is 1. The molecule has 0 unspecified atom stereocenters. The maximum Gasteiger partial charge on any atom is 0.433 e. The topological polar surface area (TPSA) is 50.5 Å². The molecular formula is C21H20ClF3N4O. The Hall–Kier alpha value is -2.61. The number of likely N-dealkylation sites (tertiary alicyclic amines) is 1. The van der Waals surface area contributed by atoms with Crippen LogP contribution in [-0.4, -0.2) is 37.5 Å². The lowest BCUT2D eigenvalue weighted by Crippen LogP contribution is -2.47. The monoisotopic (exact) mass is 436 g/mol. The highest BCUT2D eigenvalue weighted by Gasteiger charge is 2.37. The van der Waals surface area contributed by atoms with Crippen LogP contribution < -0.4 is 0 Å². The van der Waals surface area contributed by atoms with Gasteiger partial charge >= 0.3 is 6.18 Å². The van der Waals surface area contributed by atoms with E-state index in [9.17, 15) is 18.0 Å². The molecule has 9 heteroatoms. The number of amides is 1. The quantitative estimate of drug-likeness (QED) is 0.535. The molecule has 30 heavy (non-hydrogen) atoms. The van der Waals surface area contributed by atoms with Gasteiger partial charge in [-0.2, -0.15) is 18.3 Å². The first-order valence-electron chi connectivity index (χ1n) is 9.72. The summed E-state index contributed by atoms with van der Waals surface area (Å²) in [6.07, 6.45) is -1.94. The highest BCUT2D eigenvalue weighted by atomic mass is 35.5. The largest absolute Gasteiger partial charge is 0.433 e. The molecular weight excluding hydrogens is 417 g/mol. The van der Waals surface area contributed by atoms with Crippen LogP contribution in [0.5, 0.6) is 0 Å². The summed E-state index contributed by atoms with van der Waals surface area (Å²) in [6.45, 7) is 3.89. The molecule has 1 fully saturated rings. The van der Waals surface area contributed by atoms with Crippen LogP contribution >= 0.6 is 11.6 Å². The molecule has 1 aromatic carbocycles. The third-order valence-electron chi connectivity index (χ3n) is 5.50. The molecule has 1 aliphatic heterocycles. The van der Waals surface area contributed by atoms with Gasteiger partial charge in [0.25, 0.3) is 5.91 Å². The Labute approximate surface area is 176 Å². The van der Waals surface area contributed by atoms with Crippen molar-refractivity contribution in [3.63, 3.8) is 0 Å². The van der Waals surface area contributed by atoms with Gasteiger partial charge < -0.3 is 4.90 Å². The predicted molar refractivity (Wildman–Crippen MR) is 107 cm³/mol. The second-order valence-electron chi connectivity index (χ2n) is 7.67. The highest BCUT2D eigenvalue weighted by Crippen LogP contribution is 2.33. The van der Waals surface area contributed by atoms with Gasteiger partial charge in [-0.3, -0.25) is 4.79 Å². The summed E-state index contributed by atoms with van der Waals surface area (Å²) in [5.41, 5.74) is -0.446. The van der Waals surface area contributed by atoms with Gasteiger partial charge in [-0.05, 0) is 51.3 Å². The number of piperidine rings is 1. The van der Waals surface area contributed by atoms with E-state index in [0.717, 1.165) is 25.3 Å². The third-order valence-corrected chi connectivity index (χ3v) is 5.76. The summed E-state index contributed by atoms with van der Waals surface area (Å²) >= 11 is 5.88. The molecule has 1 saturated heterocycles. The van der Waals surface area contributed by atoms with Crippen molar-refractivity contribution in [3.8, 4) is 11.3 Å². The third kappa shape index (κ3) is 3.76. The Bertz CT molecular complexity index is 1080. The summed E-state index contributed by atoms with van der Waals surface area (Å²) in [6, 6.07) is 8.63. The molecule has 0 spiro atoms. The van der Waals surface area contributed by atoms with E-state index in [1.807, 2.05) is 13.8 Å². The molecule has 158 valence electrons. The first-order chi connectivity index (χ1) is 14.1. The van der Waals surface area contributed by atoms with Crippen molar-refractivity contribution in [1.29, 1.82) is 0 Å². The van der Waals surface area contributed by atoms with Gasteiger partial charge in [0.15, 0.2) is 17.0 Å². The first kappa shape index (κ1) is 20.7. The van der Waals surface area contributed by atoms with Gasteiger partial charge in [0.1, 0.15) is 0 Å². The fourth-order valence-electron chi connectivity index (χ4n) is 4.00. The zero-order valence-corrected chi connectivity index (χ0v) is 17.2. The van der Waals surface area contributed by atoms with Crippen LogP contribution in [0.3, 0.4) is 0 Å². The Morgan fingerprint density at radius 2 is 1.73 bits per heavy atom. The molecule has 0 saturated carbocycles. The van der Waals surface area contributed by atoms with Crippen molar-refractivity contribution in [1.82, 2.24) is 19.5 Å². The van der Waals surface area contributed by atoms with Crippen molar-refractivity contribution in [2.45, 2.75) is 51.4 Å². The summed E-state index contributed by atoms with van der Waals surface area (Å²) in [5.74, 6) is -0.374. The molecule has 2 aromatic heterocycles. The van der Waals surface area contributed by atoms with Crippen LogP contribution in [0.25, 0.3) is 16.9 Å². The lowest BCUT2D eigenvalue weighted by atomic mass is 9.97. The summed E-state index contributed by atoms with van der Waals surface area (Å²) in [5, 5.41) is 4.46. The van der Waals surface area contributed by atoms with Gasteiger partial charge in [0.2, 0.25) is 0 Å². The number of hydrogen-bond acceptors (Lipinski definition) is 3. The normalized spacial score (nSPS) is 20.0. The molecule has 0 N–H and O–H groups in total. The number of halogens is 4. The maximum absolute atomic E-state index is 13.8. The van der Waals surface area contributed by atoms with Crippen LogP contribution in [0.2, 0.25) is 5.02 Å². The Morgan fingerprint density at radius 3 is 2.33 bits per heavy atom. The van der Waals surface area contributed by atoms with E-state index in [2.05, 4.69) is 10.1 Å². The standard InChI is InChI=1S/C21H20ClF3N4O/c1-12-4-3-5-13(2)28(12)20(30)17-11-19-26-16(14-6-8-15(22)9-7-14)10-18(21(23,24)25)29(19)27-17/h6-13H,3-5H2,1-2H3/t12-,13-/m1/s1. The van der Waals surface area contributed by atoms with E-state index < -0.39 is 11.9 Å². The minimum absolute atomic E-state index is 0.00531. The Morgan fingerprint density at radius 1 is 1.10 bits per heavy atom. The van der Waals surface area contributed by atoms with Crippen molar-refractivity contribution in [2.75, 3.05) is 0 Å². The van der Waals surface area contributed by atoms with Crippen molar-refractivity contribution < 1.29 is 18.0 Å². The number of benzene rings is 1. The minimum atomic E-state index is -4.67. The van der Waals surface area contributed by atoms with Crippen LogP contribution in [-0.2, 0) is 6.18 Å². The molecule has 0 bridgehead atoms. The van der Waals surface area contributed by atoms with Gasteiger partial charge in [-0.25, -0.2) is 9.50 Å². The van der Waals surface area contributed by atoms with E-state index >= 15 is 0 Å². The smallest absolute Gasteiger partial charge is 0.332 e. The summed E-state index contributed by atoms with van der Waals surface area (Å²) in [4.78, 5) is 19.1. The number of fused-ring (bicyclic) bond motifs is 1. The average Bonchev–Trinajstić information content (AvgIpc) is 3.11. The number of hydrogen-bond donors (Lipinski definition) is 0. The molecule has 1 amide bonds. The van der Waals surface area contributed by atoms with E-state index in [4.69, 9.17) is 11.6 Å². The second kappa shape index (κ2) is 7.58. The number of alkyl halides is 3. The van der Waals surface area contributed by atoms with Gasteiger partial charge in [0.05, 0.1) is 5.69 Å². The van der Waals surface area contributed by atoms with Gasteiger partial charge in [0, 0.05) is 28.7 Å². The molecule has 5 nitrogen and oxygen atoms in total. The maximum atomic E-state index is 13.8. The number of nitrogens with zero attached hydrogens (tertiary/aromatic N) is 4. The van der Waals surface area contributed by atoms with Crippen LogP contribution in [0.15, 0.2) is 36.4 Å². The second-order valence-corrected chi connectivity index (χ2v) is 8.11. The zero-order valence-electron chi connectivity index (χ0n) is 16.4. The van der Waals surface area contributed by atoms with Crippen LogP contribution in [0.1, 0.15) is 49.3 Å². The molecule has 0 aliphatic carbocycles. The molecule has 4 rings (SSSR count). The SMILES string of the molecule is C[C@@H]1CCC[C@@H](C)N1C(=O)c1cc2nc(-c3ccc(Cl)cc3)cc(C(F)(F)F)n2n1. The fraction of sp³-hybridized carbons (Fsp3) is 0.381. The highest BCUT2D eigenvalue weighted by molar-refractivity contribution is 6.30. The molecule has 2 atom stereocenters. The molecule has 1 aliphatic rings. The van der Waals surface area contributed by atoms with E-state index in [0.29, 0.717) is 15.1 Å². The Balaban J connectivity index is 1.83. The van der Waals surface area contributed by atoms with Crippen molar-refractivity contribution in [3.05, 3.63) is 52.8 Å².